The predicted octanol–water partition coefficient (Wildman–Crippen LogP) is 1.40. The zero-order valence-corrected chi connectivity index (χ0v) is 18.6. The van der Waals surface area contributed by atoms with Crippen LogP contribution >= 0.6 is 0 Å². The normalized spacial score (nSPS) is 11.1. The van der Waals surface area contributed by atoms with Crippen LogP contribution in [0.25, 0.3) is 0 Å². The molecule has 0 saturated carbocycles. The van der Waals surface area contributed by atoms with Crippen molar-refractivity contribution in [3.05, 3.63) is 64.7 Å². The third-order valence-electron chi connectivity index (χ3n) is 5.03. The summed E-state index contributed by atoms with van der Waals surface area (Å²) in [6.45, 7) is 0.524. The first-order valence-electron chi connectivity index (χ1n) is 10.4. The van der Waals surface area contributed by atoms with E-state index in [-0.39, 0.29) is 24.6 Å². The third-order valence-corrected chi connectivity index (χ3v) is 5.03. The van der Waals surface area contributed by atoms with E-state index in [0.717, 1.165) is 18.1 Å². The summed E-state index contributed by atoms with van der Waals surface area (Å²) in [5.74, 6) is 4.66. The minimum atomic E-state index is -0.516. The molecule has 172 valence electrons. The van der Waals surface area contributed by atoms with Gasteiger partial charge in [-0.3, -0.25) is 19.3 Å². The average molecular weight is 450 g/mol. The van der Waals surface area contributed by atoms with Gasteiger partial charge in [0.05, 0.1) is 6.04 Å². The molecule has 0 radical (unpaired) electrons. The van der Waals surface area contributed by atoms with Gasteiger partial charge in [-0.2, -0.15) is 0 Å². The molecule has 0 heterocycles. The van der Waals surface area contributed by atoms with Crippen molar-refractivity contribution in [2.45, 2.75) is 32.0 Å². The van der Waals surface area contributed by atoms with Gasteiger partial charge in [0.2, 0.25) is 5.91 Å². The smallest absolute Gasteiger partial charge is 0.296 e. The molecule has 0 fully saturated rings. The molecule has 2 aromatic rings. The second-order valence-electron chi connectivity index (χ2n) is 7.42. The summed E-state index contributed by atoms with van der Waals surface area (Å²) >= 11 is 0. The maximum absolute atomic E-state index is 12.2. The molecule has 33 heavy (non-hydrogen) atoms. The molecule has 1 atom stereocenters. The molecule has 0 aliphatic rings. The standard InChI is InChI=1S/C25H27N3O5/c1-26-25(33)23(4-3-13-29)28(2)16-21-14-19(5-9-20(21)17-30)15-27-24(32)12-8-18-6-10-22(31)11-7-18/h5-7,9-11,13-14,17,23,31H,3-4,15-16H2,1-2H3,(H,26,33)(H,27,32). The summed E-state index contributed by atoms with van der Waals surface area (Å²) in [6, 6.07) is 10.9. The number of amides is 2. The Hall–Kier alpha value is -3.96. The topological polar surface area (TPSA) is 116 Å². The van der Waals surface area contributed by atoms with Crippen molar-refractivity contribution in [2.24, 2.45) is 0 Å². The second-order valence-corrected chi connectivity index (χ2v) is 7.42. The van der Waals surface area contributed by atoms with E-state index in [1.54, 1.807) is 42.3 Å². The molecule has 3 N–H and O–H groups in total. The first kappa shape index (κ1) is 25.3. The van der Waals surface area contributed by atoms with E-state index in [9.17, 15) is 24.3 Å². The van der Waals surface area contributed by atoms with Gasteiger partial charge >= 0.3 is 0 Å². The Kier molecular flexibility index (Phi) is 9.80. The van der Waals surface area contributed by atoms with Crippen LogP contribution in [0.3, 0.4) is 0 Å². The molecular formula is C25H27N3O5. The van der Waals surface area contributed by atoms with Crippen molar-refractivity contribution >= 4 is 24.4 Å². The number of carbonyl (C=O) groups excluding carboxylic acids is 4. The minimum absolute atomic E-state index is 0.121. The Morgan fingerprint density at radius 2 is 1.88 bits per heavy atom. The van der Waals surface area contributed by atoms with Crippen LogP contribution in [0.1, 0.15) is 39.9 Å². The Morgan fingerprint density at radius 1 is 1.15 bits per heavy atom. The molecule has 2 amide bonds. The van der Waals surface area contributed by atoms with Crippen LogP contribution in [-0.2, 0) is 27.5 Å². The monoisotopic (exact) mass is 449 g/mol. The lowest BCUT2D eigenvalue weighted by Gasteiger charge is -2.27. The van der Waals surface area contributed by atoms with E-state index in [1.165, 1.54) is 19.2 Å². The fraction of sp³-hybridized carbons (Fsp3) is 0.280. The van der Waals surface area contributed by atoms with Gasteiger partial charge in [-0.1, -0.05) is 24.1 Å². The highest BCUT2D eigenvalue weighted by Gasteiger charge is 2.22. The van der Waals surface area contributed by atoms with Crippen molar-refractivity contribution in [1.29, 1.82) is 0 Å². The lowest BCUT2D eigenvalue weighted by Crippen LogP contribution is -2.43. The number of phenolic OH excluding ortho intramolecular Hbond substituents is 1. The average Bonchev–Trinajstić information content (AvgIpc) is 2.82. The summed E-state index contributed by atoms with van der Waals surface area (Å²) in [5, 5.41) is 14.6. The van der Waals surface area contributed by atoms with Crippen LogP contribution in [0.5, 0.6) is 5.75 Å². The number of hydrogen-bond acceptors (Lipinski definition) is 6. The van der Waals surface area contributed by atoms with Gasteiger partial charge in [0.15, 0.2) is 0 Å². The molecule has 0 aliphatic heterocycles. The summed E-state index contributed by atoms with van der Waals surface area (Å²) in [4.78, 5) is 48.3. The zero-order valence-electron chi connectivity index (χ0n) is 18.6. The summed E-state index contributed by atoms with van der Waals surface area (Å²) in [5.41, 5.74) is 2.56. The van der Waals surface area contributed by atoms with Gasteiger partial charge in [0.1, 0.15) is 18.3 Å². The van der Waals surface area contributed by atoms with Crippen LogP contribution in [0.4, 0.5) is 0 Å². The van der Waals surface area contributed by atoms with E-state index >= 15 is 0 Å². The van der Waals surface area contributed by atoms with Crippen LogP contribution in [0.2, 0.25) is 0 Å². The quantitative estimate of drug-likeness (QED) is 0.373. The van der Waals surface area contributed by atoms with E-state index < -0.39 is 11.9 Å². The first-order valence-corrected chi connectivity index (χ1v) is 10.4. The molecule has 1 unspecified atom stereocenters. The zero-order chi connectivity index (χ0) is 24.2. The van der Waals surface area contributed by atoms with Crippen molar-refractivity contribution in [1.82, 2.24) is 15.5 Å². The third kappa shape index (κ3) is 7.91. The largest absolute Gasteiger partial charge is 0.508 e. The van der Waals surface area contributed by atoms with Crippen molar-refractivity contribution in [2.75, 3.05) is 14.1 Å². The number of nitrogens with one attached hydrogen (secondary N) is 2. The summed E-state index contributed by atoms with van der Waals surface area (Å²) < 4.78 is 0. The fourth-order valence-electron chi connectivity index (χ4n) is 3.24. The minimum Gasteiger partial charge on any atom is -0.508 e. The number of benzene rings is 2. The Morgan fingerprint density at radius 3 is 2.52 bits per heavy atom. The predicted molar refractivity (Wildman–Crippen MR) is 123 cm³/mol. The van der Waals surface area contributed by atoms with E-state index in [1.807, 2.05) is 0 Å². The maximum Gasteiger partial charge on any atom is 0.296 e. The first-order chi connectivity index (χ1) is 15.9. The highest BCUT2D eigenvalue weighted by molar-refractivity contribution is 5.94. The van der Waals surface area contributed by atoms with E-state index in [4.69, 9.17) is 0 Å². The molecule has 0 bridgehead atoms. The molecule has 2 aromatic carbocycles. The summed E-state index contributed by atoms with van der Waals surface area (Å²) in [7, 11) is 3.29. The van der Waals surface area contributed by atoms with Gasteiger partial charge in [-0.25, -0.2) is 0 Å². The van der Waals surface area contributed by atoms with Gasteiger partial charge in [0, 0.05) is 43.6 Å². The number of hydrogen-bond donors (Lipinski definition) is 3. The van der Waals surface area contributed by atoms with Crippen LogP contribution < -0.4 is 10.6 Å². The number of aromatic hydroxyl groups is 1. The number of likely N-dealkylation sites (N-methyl/N-ethyl adjacent to an activating group) is 2. The highest BCUT2D eigenvalue weighted by atomic mass is 16.3. The SMILES string of the molecule is CNC(=O)C(CCC=O)N(C)Cc1cc(CNC(=O)C#Cc2ccc(O)cc2)ccc1C=O. The van der Waals surface area contributed by atoms with Gasteiger partial charge in [-0.05, 0) is 48.9 Å². The fourth-order valence-corrected chi connectivity index (χ4v) is 3.24. The highest BCUT2D eigenvalue weighted by Crippen LogP contribution is 2.16. The maximum atomic E-state index is 12.2. The lowest BCUT2D eigenvalue weighted by atomic mass is 10.0. The molecule has 0 aromatic heterocycles. The van der Waals surface area contributed by atoms with Crippen molar-refractivity contribution in [3.8, 4) is 17.6 Å². The second kappa shape index (κ2) is 12.8. The molecule has 0 aliphatic carbocycles. The lowest BCUT2D eigenvalue weighted by molar-refractivity contribution is -0.126. The summed E-state index contributed by atoms with van der Waals surface area (Å²) in [6.07, 6.45) is 2.13. The number of nitrogens with zero attached hydrogens (tertiary/aromatic N) is 1. The number of carbonyl (C=O) groups is 4. The van der Waals surface area contributed by atoms with Gasteiger partial charge < -0.3 is 20.5 Å². The Bertz CT molecular complexity index is 1050. The Labute approximate surface area is 193 Å². The van der Waals surface area contributed by atoms with E-state index in [0.29, 0.717) is 29.7 Å². The molecule has 2 rings (SSSR count). The Balaban J connectivity index is 2.08. The van der Waals surface area contributed by atoms with Gasteiger partial charge in [0.25, 0.3) is 5.91 Å². The van der Waals surface area contributed by atoms with Crippen molar-refractivity contribution < 1.29 is 24.3 Å². The van der Waals surface area contributed by atoms with E-state index in [2.05, 4.69) is 22.5 Å². The number of rotatable bonds is 10. The molecule has 0 saturated heterocycles. The molecular weight excluding hydrogens is 422 g/mol. The van der Waals surface area contributed by atoms with Crippen LogP contribution in [-0.4, -0.2) is 54.5 Å². The number of phenols is 1. The number of aldehydes is 2. The molecule has 0 spiro atoms. The van der Waals surface area contributed by atoms with Crippen LogP contribution in [0, 0.1) is 11.8 Å². The van der Waals surface area contributed by atoms with Gasteiger partial charge in [-0.15, -0.1) is 0 Å². The van der Waals surface area contributed by atoms with Crippen molar-refractivity contribution in [3.63, 3.8) is 0 Å². The van der Waals surface area contributed by atoms with Crippen LogP contribution in [0.15, 0.2) is 42.5 Å². The molecule has 8 heteroatoms. The molecule has 8 nitrogen and oxygen atoms in total.